The molecule has 1 fully saturated rings. The minimum atomic E-state index is 0.0274. The maximum Gasteiger partial charge on any atom is 0.262 e. The summed E-state index contributed by atoms with van der Waals surface area (Å²) in [5.41, 5.74) is 4.58. The molecule has 0 saturated carbocycles. The van der Waals surface area contributed by atoms with Crippen LogP contribution in [0.5, 0.6) is 0 Å². The molecular formula is C22H24N2O2S. The van der Waals surface area contributed by atoms with Crippen LogP contribution in [-0.4, -0.2) is 22.3 Å². The fraction of sp³-hybridized carbons (Fsp3) is 0.364. The second-order valence-electron chi connectivity index (χ2n) is 7.18. The van der Waals surface area contributed by atoms with Crippen molar-refractivity contribution in [1.82, 2.24) is 9.55 Å². The van der Waals surface area contributed by atoms with Crippen LogP contribution in [0.2, 0.25) is 0 Å². The van der Waals surface area contributed by atoms with Gasteiger partial charge in [-0.3, -0.25) is 9.36 Å². The quantitative estimate of drug-likeness (QED) is 0.483. The molecule has 140 valence electrons. The number of thioether (sulfide) groups is 1. The first kappa shape index (κ1) is 18.3. The number of hydrogen-bond acceptors (Lipinski definition) is 4. The van der Waals surface area contributed by atoms with Crippen LogP contribution in [0.25, 0.3) is 10.9 Å². The average molecular weight is 381 g/mol. The predicted octanol–water partition coefficient (Wildman–Crippen LogP) is 4.48. The monoisotopic (exact) mass is 380 g/mol. The normalized spacial score (nSPS) is 16.9. The number of para-hydroxylation sites is 1. The highest BCUT2D eigenvalue weighted by Crippen LogP contribution is 2.25. The van der Waals surface area contributed by atoms with Crippen LogP contribution in [0.15, 0.2) is 52.4 Å². The minimum absolute atomic E-state index is 0.0274. The van der Waals surface area contributed by atoms with E-state index >= 15 is 0 Å². The molecule has 1 aromatic heterocycles. The molecule has 5 heteroatoms. The lowest BCUT2D eigenvalue weighted by Gasteiger charge is -2.17. The summed E-state index contributed by atoms with van der Waals surface area (Å²) in [4.78, 5) is 17.9. The Labute approximate surface area is 163 Å². The molecule has 4 rings (SSSR count). The molecule has 1 saturated heterocycles. The van der Waals surface area contributed by atoms with E-state index in [-0.39, 0.29) is 11.7 Å². The molecule has 4 nitrogen and oxygen atoms in total. The highest BCUT2D eigenvalue weighted by atomic mass is 32.2. The topological polar surface area (TPSA) is 44.1 Å². The Balaban J connectivity index is 1.70. The highest BCUT2D eigenvalue weighted by Gasteiger charge is 2.20. The van der Waals surface area contributed by atoms with Crippen LogP contribution in [-0.2, 0) is 17.0 Å². The largest absolute Gasteiger partial charge is 0.376 e. The van der Waals surface area contributed by atoms with Gasteiger partial charge in [-0.05, 0) is 49.9 Å². The standard InChI is InChI=1S/C22H24N2O2S/c1-15-9-10-16(2)17(12-15)14-27-22-23-20-8-4-3-7-19(20)21(25)24(22)13-18-6-5-11-26-18/h3-4,7-10,12,18H,5-6,11,13-14H2,1-2H3. The Morgan fingerprint density at radius 3 is 2.89 bits per heavy atom. The first-order valence-electron chi connectivity index (χ1n) is 9.42. The predicted molar refractivity (Wildman–Crippen MR) is 110 cm³/mol. The van der Waals surface area contributed by atoms with E-state index in [0.717, 1.165) is 35.9 Å². The van der Waals surface area contributed by atoms with Gasteiger partial charge in [0.2, 0.25) is 0 Å². The summed E-state index contributed by atoms with van der Waals surface area (Å²) >= 11 is 1.63. The van der Waals surface area contributed by atoms with Crippen LogP contribution in [0.1, 0.15) is 29.5 Å². The van der Waals surface area contributed by atoms with Crippen molar-refractivity contribution in [2.45, 2.75) is 50.2 Å². The summed E-state index contributed by atoms with van der Waals surface area (Å²) < 4.78 is 7.59. The number of aromatic nitrogens is 2. The zero-order valence-electron chi connectivity index (χ0n) is 15.8. The molecule has 2 aromatic carbocycles. The number of rotatable bonds is 5. The molecule has 1 atom stereocenters. The van der Waals surface area contributed by atoms with Gasteiger partial charge in [-0.1, -0.05) is 47.7 Å². The number of fused-ring (bicyclic) bond motifs is 1. The molecule has 0 radical (unpaired) electrons. The van der Waals surface area contributed by atoms with Gasteiger partial charge in [-0.25, -0.2) is 4.98 Å². The maximum absolute atomic E-state index is 13.1. The number of benzene rings is 2. The molecule has 27 heavy (non-hydrogen) atoms. The molecule has 1 unspecified atom stereocenters. The summed E-state index contributed by atoms with van der Waals surface area (Å²) in [5, 5.41) is 1.45. The fourth-order valence-electron chi connectivity index (χ4n) is 3.51. The molecule has 0 amide bonds. The van der Waals surface area contributed by atoms with Crippen molar-refractivity contribution in [3.63, 3.8) is 0 Å². The van der Waals surface area contributed by atoms with E-state index in [1.165, 1.54) is 16.7 Å². The molecule has 0 N–H and O–H groups in total. The van der Waals surface area contributed by atoms with Crippen LogP contribution in [0, 0.1) is 13.8 Å². The minimum Gasteiger partial charge on any atom is -0.376 e. The second kappa shape index (κ2) is 7.87. The van der Waals surface area contributed by atoms with Gasteiger partial charge in [-0.15, -0.1) is 0 Å². The van der Waals surface area contributed by atoms with Gasteiger partial charge in [0, 0.05) is 12.4 Å². The van der Waals surface area contributed by atoms with Crippen molar-refractivity contribution in [2.75, 3.05) is 6.61 Å². The van der Waals surface area contributed by atoms with Gasteiger partial charge < -0.3 is 4.74 Å². The molecule has 2 heterocycles. The smallest absolute Gasteiger partial charge is 0.262 e. The highest BCUT2D eigenvalue weighted by molar-refractivity contribution is 7.98. The fourth-order valence-corrected chi connectivity index (χ4v) is 4.58. The Morgan fingerprint density at radius 1 is 1.22 bits per heavy atom. The van der Waals surface area contributed by atoms with E-state index < -0.39 is 0 Å². The molecule has 1 aliphatic rings. The van der Waals surface area contributed by atoms with Gasteiger partial charge in [0.05, 0.1) is 23.6 Å². The summed E-state index contributed by atoms with van der Waals surface area (Å²) in [5.74, 6) is 0.795. The van der Waals surface area contributed by atoms with Crippen LogP contribution < -0.4 is 5.56 Å². The van der Waals surface area contributed by atoms with Gasteiger partial charge in [0.15, 0.2) is 5.16 Å². The maximum atomic E-state index is 13.1. The summed E-state index contributed by atoms with van der Waals surface area (Å²) in [6.07, 6.45) is 2.16. The van der Waals surface area contributed by atoms with Crippen molar-refractivity contribution >= 4 is 22.7 Å². The number of aryl methyl sites for hydroxylation is 2. The van der Waals surface area contributed by atoms with Crippen molar-refractivity contribution in [3.05, 3.63) is 69.5 Å². The Kier molecular flexibility index (Phi) is 5.32. The van der Waals surface area contributed by atoms with E-state index in [0.29, 0.717) is 11.9 Å². The zero-order chi connectivity index (χ0) is 18.8. The third-order valence-electron chi connectivity index (χ3n) is 5.10. The van der Waals surface area contributed by atoms with Gasteiger partial charge in [0.1, 0.15) is 0 Å². The lowest BCUT2D eigenvalue weighted by Crippen LogP contribution is -2.28. The van der Waals surface area contributed by atoms with Crippen molar-refractivity contribution in [1.29, 1.82) is 0 Å². The Bertz CT molecular complexity index is 1020. The molecule has 0 spiro atoms. The van der Waals surface area contributed by atoms with Crippen molar-refractivity contribution in [2.24, 2.45) is 0 Å². The number of ether oxygens (including phenoxy) is 1. The van der Waals surface area contributed by atoms with E-state index in [1.807, 2.05) is 28.8 Å². The van der Waals surface area contributed by atoms with Crippen LogP contribution >= 0.6 is 11.8 Å². The first-order valence-corrected chi connectivity index (χ1v) is 10.4. The Morgan fingerprint density at radius 2 is 2.07 bits per heavy atom. The zero-order valence-corrected chi connectivity index (χ0v) is 16.6. The third-order valence-corrected chi connectivity index (χ3v) is 6.12. The molecule has 3 aromatic rings. The second-order valence-corrected chi connectivity index (χ2v) is 8.12. The van der Waals surface area contributed by atoms with Gasteiger partial charge in [0.25, 0.3) is 5.56 Å². The van der Waals surface area contributed by atoms with E-state index in [4.69, 9.17) is 9.72 Å². The first-order chi connectivity index (χ1) is 13.1. The lowest BCUT2D eigenvalue weighted by molar-refractivity contribution is 0.0937. The molecular weight excluding hydrogens is 356 g/mol. The van der Waals surface area contributed by atoms with Crippen molar-refractivity contribution < 1.29 is 4.74 Å². The van der Waals surface area contributed by atoms with Crippen molar-refractivity contribution in [3.8, 4) is 0 Å². The lowest BCUT2D eigenvalue weighted by atomic mass is 10.1. The van der Waals surface area contributed by atoms with Gasteiger partial charge >= 0.3 is 0 Å². The van der Waals surface area contributed by atoms with Crippen LogP contribution in [0.4, 0.5) is 0 Å². The number of nitrogens with zero attached hydrogens (tertiary/aromatic N) is 2. The SMILES string of the molecule is Cc1ccc(C)c(CSc2nc3ccccc3c(=O)n2CC2CCCO2)c1. The molecule has 0 bridgehead atoms. The molecule has 1 aliphatic heterocycles. The Hall–Kier alpha value is -2.11. The van der Waals surface area contributed by atoms with Crippen LogP contribution in [0.3, 0.4) is 0 Å². The van der Waals surface area contributed by atoms with Gasteiger partial charge in [-0.2, -0.15) is 0 Å². The van der Waals surface area contributed by atoms with E-state index in [2.05, 4.69) is 32.0 Å². The summed E-state index contributed by atoms with van der Waals surface area (Å²) in [6.45, 7) is 5.59. The number of hydrogen-bond donors (Lipinski definition) is 0. The third kappa shape index (κ3) is 3.94. The summed E-state index contributed by atoms with van der Waals surface area (Å²) in [6, 6.07) is 14.1. The van der Waals surface area contributed by atoms with E-state index in [1.54, 1.807) is 11.8 Å². The average Bonchev–Trinajstić information content (AvgIpc) is 3.18. The summed E-state index contributed by atoms with van der Waals surface area (Å²) in [7, 11) is 0. The molecule has 0 aliphatic carbocycles. The van der Waals surface area contributed by atoms with E-state index in [9.17, 15) is 4.79 Å².